The van der Waals surface area contributed by atoms with Crippen molar-refractivity contribution in [3.63, 3.8) is 0 Å². The number of hydrogen-bond donors (Lipinski definition) is 1. The number of carbonyl (C=O) groups excluding carboxylic acids is 1. The molecule has 1 aliphatic heterocycles. The zero-order valence-corrected chi connectivity index (χ0v) is 16.5. The van der Waals surface area contributed by atoms with Crippen LogP contribution in [0.1, 0.15) is 36.7 Å². The monoisotopic (exact) mass is 372 g/mol. The zero-order valence-electron chi connectivity index (χ0n) is 15.7. The maximum atomic E-state index is 12.3. The Balaban J connectivity index is 1.55. The first-order valence-electron chi connectivity index (χ1n) is 9.35. The Bertz CT molecular complexity index is 743. The van der Waals surface area contributed by atoms with E-state index < -0.39 is 0 Å². The van der Waals surface area contributed by atoms with Gasteiger partial charge in [-0.3, -0.25) is 14.4 Å². The van der Waals surface area contributed by atoms with Gasteiger partial charge in [0.15, 0.2) is 0 Å². The van der Waals surface area contributed by atoms with Gasteiger partial charge in [0.1, 0.15) is 0 Å². The van der Waals surface area contributed by atoms with Crippen LogP contribution in [0, 0.1) is 0 Å². The minimum atomic E-state index is 0.0408. The third-order valence-corrected chi connectivity index (χ3v) is 5.37. The number of amides is 1. The second kappa shape index (κ2) is 9.24. The van der Waals surface area contributed by atoms with Gasteiger partial charge in [-0.1, -0.05) is 19.1 Å². The summed E-state index contributed by atoms with van der Waals surface area (Å²) in [6.07, 6.45) is 4.76. The van der Waals surface area contributed by atoms with Crippen LogP contribution in [0.3, 0.4) is 0 Å². The molecule has 1 N–H and O–H groups in total. The minimum absolute atomic E-state index is 0.0408. The number of aryl methyl sites for hydroxylation is 1. The molecule has 26 heavy (non-hydrogen) atoms. The van der Waals surface area contributed by atoms with Crippen molar-refractivity contribution >= 4 is 17.7 Å². The third-order valence-electron chi connectivity index (χ3n) is 4.65. The van der Waals surface area contributed by atoms with Crippen LogP contribution in [-0.2, 0) is 30.8 Å². The Morgan fingerprint density at radius 1 is 1.31 bits per heavy atom. The Labute approximate surface area is 160 Å². The normalized spacial score (nSPS) is 14.7. The number of benzene rings is 1. The molecule has 2 heterocycles. The average molecular weight is 373 g/mol. The first-order chi connectivity index (χ1) is 12.7. The molecule has 0 atom stereocenters. The molecule has 1 aromatic carbocycles. The Hall–Kier alpha value is -1.79. The van der Waals surface area contributed by atoms with Gasteiger partial charge in [0.05, 0.1) is 24.4 Å². The fraction of sp³-hybridized carbons (Fsp3) is 0.500. The predicted octanol–water partition coefficient (Wildman–Crippen LogP) is 3.08. The maximum Gasteiger partial charge on any atom is 0.224 e. The van der Waals surface area contributed by atoms with Crippen molar-refractivity contribution in [2.24, 2.45) is 0 Å². The first-order valence-corrected chi connectivity index (χ1v) is 10.6. The van der Waals surface area contributed by atoms with E-state index in [0.29, 0.717) is 13.0 Å². The number of hydrogen-bond acceptors (Lipinski definition) is 4. The summed E-state index contributed by atoms with van der Waals surface area (Å²) in [4.78, 5) is 15.9. The number of aromatic nitrogens is 2. The van der Waals surface area contributed by atoms with E-state index in [-0.39, 0.29) is 5.91 Å². The lowest BCUT2D eigenvalue weighted by Gasteiger charge is -2.17. The summed E-state index contributed by atoms with van der Waals surface area (Å²) < 4.78 is 2.11. The van der Waals surface area contributed by atoms with E-state index in [1.165, 1.54) is 17.0 Å². The van der Waals surface area contributed by atoms with Crippen LogP contribution < -0.4 is 5.32 Å². The highest BCUT2D eigenvalue weighted by Crippen LogP contribution is 2.16. The van der Waals surface area contributed by atoms with E-state index in [9.17, 15) is 4.79 Å². The van der Waals surface area contributed by atoms with Crippen molar-refractivity contribution in [1.82, 2.24) is 20.0 Å². The van der Waals surface area contributed by atoms with Crippen molar-refractivity contribution in [1.29, 1.82) is 0 Å². The molecule has 0 aliphatic carbocycles. The molecule has 6 heteroatoms. The van der Waals surface area contributed by atoms with Crippen LogP contribution in [0.15, 0.2) is 35.2 Å². The van der Waals surface area contributed by atoms with Gasteiger partial charge in [0.2, 0.25) is 5.91 Å². The summed E-state index contributed by atoms with van der Waals surface area (Å²) in [5, 5.41) is 7.69. The van der Waals surface area contributed by atoms with Crippen molar-refractivity contribution in [2.45, 2.75) is 50.7 Å². The van der Waals surface area contributed by atoms with Crippen molar-refractivity contribution in [3.05, 3.63) is 47.3 Å². The number of fused-ring (bicyclic) bond motifs is 1. The molecule has 0 spiro atoms. The Morgan fingerprint density at radius 2 is 2.19 bits per heavy atom. The van der Waals surface area contributed by atoms with E-state index in [4.69, 9.17) is 0 Å². The SMILES string of the molecule is CCCN1CCCn2nc(CNC(=O)Cc3cccc(SC)c3)cc2C1. The molecular weight excluding hydrogens is 344 g/mol. The van der Waals surface area contributed by atoms with Crippen LogP contribution in [-0.4, -0.2) is 39.9 Å². The molecule has 0 radical (unpaired) electrons. The van der Waals surface area contributed by atoms with Gasteiger partial charge >= 0.3 is 0 Å². The summed E-state index contributed by atoms with van der Waals surface area (Å²) in [6, 6.07) is 10.3. The average Bonchev–Trinajstić information content (AvgIpc) is 2.92. The molecule has 5 nitrogen and oxygen atoms in total. The highest BCUT2D eigenvalue weighted by Gasteiger charge is 2.16. The third kappa shape index (κ3) is 5.11. The number of rotatable bonds is 7. The molecule has 0 fully saturated rings. The van der Waals surface area contributed by atoms with Gasteiger partial charge in [-0.2, -0.15) is 5.10 Å². The van der Waals surface area contributed by atoms with E-state index in [1.807, 2.05) is 18.4 Å². The van der Waals surface area contributed by atoms with E-state index in [0.717, 1.165) is 43.9 Å². The molecule has 0 saturated heterocycles. The van der Waals surface area contributed by atoms with Crippen LogP contribution >= 0.6 is 11.8 Å². The molecule has 140 valence electrons. The predicted molar refractivity (Wildman–Crippen MR) is 106 cm³/mol. The van der Waals surface area contributed by atoms with Crippen LogP contribution in [0.4, 0.5) is 0 Å². The number of nitrogens with zero attached hydrogens (tertiary/aromatic N) is 3. The molecule has 0 bridgehead atoms. The molecule has 1 aliphatic rings. The van der Waals surface area contributed by atoms with Crippen LogP contribution in [0.2, 0.25) is 0 Å². The highest BCUT2D eigenvalue weighted by atomic mass is 32.2. The molecule has 1 aromatic heterocycles. The fourth-order valence-electron chi connectivity index (χ4n) is 3.40. The van der Waals surface area contributed by atoms with Gasteiger partial charge in [-0.25, -0.2) is 0 Å². The summed E-state index contributed by atoms with van der Waals surface area (Å²) in [7, 11) is 0. The topological polar surface area (TPSA) is 50.2 Å². The molecular formula is C20H28N4OS. The summed E-state index contributed by atoms with van der Waals surface area (Å²) in [6.45, 7) is 6.90. The summed E-state index contributed by atoms with van der Waals surface area (Å²) in [5.74, 6) is 0.0408. The number of carbonyl (C=O) groups is 1. The van der Waals surface area contributed by atoms with Crippen molar-refractivity contribution in [3.8, 4) is 0 Å². The number of thioether (sulfide) groups is 1. The van der Waals surface area contributed by atoms with Crippen molar-refractivity contribution < 1.29 is 4.79 Å². The second-order valence-corrected chi connectivity index (χ2v) is 7.66. The lowest BCUT2D eigenvalue weighted by molar-refractivity contribution is -0.120. The summed E-state index contributed by atoms with van der Waals surface area (Å²) in [5.41, 5.74) is 3.25. The lowest BCUT2D eigenvalue weighted by atomic mass is 10.1. The first kappa shape index (κ1) is 19.0. The smallest absolute Gasteiger partial charge is 0.224 e. The summed E-state index contributed by atoms with van der Waals surface area (Å²) >= 11 is 1.69. The maximum absolute atomic E-state index is 12.3. The van der Waals surface area contributed by atoms with E-state index >= 15 is 0 Å². The van der Waals surface area contributed by atoms with Gasteiger partial charge in [-0.05, 0) is 49.4 Å². The van der Waals surface area contributed by atoms with Gasteiger partial charge in [0.25, 0.3) is 0 Å². The van der Waals surface area contributed by atoms with Crippen LogP contribution in [0.25, 0.3) is 0 Å². The molecule has 2 aromatic rings. The molecule has 0 unspecified atom stereocenters. The quantitative estimate of drug-likeness (QED) is 0.759. The van der Waals surface area contributed by atoms with Crippen LogP contribution in [0.5, 0.6) is 0 Å². The zero-order chi connectivity index (χ0) is 18.4. The minimum Gasteiger partial charge on any atom is -0.350 e. The van der Waals surface area contributed by atoms with Gasteiger partial charge in [0, 0.05) is 24.5 Å². The lowest BCUT2D eigenvalue weighted by Crippen LogP contribution is -2.25. The molecule has 3 rings (SSSR count). The van der Waals surface area contributed by atoms with E-state index in [1.54, 1.807) is 11.8 Å². The Morgan fingerprint density at radius 3 is 3.00 bits per heavy atom. The highest BCUT2D eigenvalue weighted by molar-refractivity contribution is 7.98. The largest absolute Gasteiger partial charge is 0.350 e. The fourth-order valence-corrected chi connectivity index (χ4v) is 3.88. The van der Waals surface area contributed by atoms with Gasteiger partial charge in [-0.15, -0.1) is 11.8 Å². The molecule has 0 saturated carbocycles. The number of nitrogens with one attached hydrogen (secondary N) is 1. The van der Waals surface area contributed by atoms with E-state index in [2.05, 4.69) is 45.1 Å². The molecule has 1 amide bonds. The van der Waals surface area contributed by atoms with Crippen molar-refractivity contribution in [2.75, 3.05) is 19.3 Å². The Kier molecular flexibility index (Phi) is 6.74. The standard InChI is InChI=1S/C20H28N4OS/c1-3-8-23-9-5-10-24-18(15-23)13-17(22-24)14-21-20(25)12-16-6-4-7-19(11-16)26-2/h4,6-7,11,13H,3,5,8-10,12,14-15H2,1-2H3,(H,21,25). The van der Waals surface area contributed by atoms with Gasteiger partial charge < -0.3 is 5.32 Å². The second-order valence-electron chi connectivity index (χ2n) is 6.78.